The molecule has 0 unspecified atom stereocenters. The van der Waals surface area contributed by atoms with E-state index in [-0.39, 0.29) is 5.60 Å². The van der Waals surface area contributed by atoms with Crippen LogP contribution >= 0.6 is 0 Å². The molecule has 2 nitrogen and oxygen atoms in total. The van der Waals surface area contributed by atoms with E-state index in [9.17, 15) is 5.11 Å². The second-order valence-electron chi connectivity index (χ2n) is 5.68. The van der Waals surface area contributed by atoms with Gasteiger partial charge in [-0.2, -0.15) is 0 Å². The van der Waals surface area contributed by atoms with Crippen molar-refractivity contribution >= 4 is 0 Å². The normalized spacial score (nSPS) is 30.0. The van der Waals surface area contributed by atoms with E-state index in [1.807, 2.05) is 6.92 Å². The van der Waals surface area contributed by atoms with Crippen LogP contribution < -0.4 is 0 Å². The standard InChI is InChI=1S/C13H25NO/c1-13(15)8-10-14(11-9-13)12-6-4-2-3-5-7-12/h12,15H,2-11H2,1H3. The summed E-state index contributed by atoms with van der Waals surface area (Å²) in [4.78, 5) is 2.63. The minimum Gasteiger partial charge on any atom is -0.390 e. The highest BCUT2D eigenvalue weighted by Crippen LogP contribution is 2.27. The molecule has 2 heteroatoms. The van der Waals surface area contributed by atoms with Crippen molar-refractivity contribution in [2.45, 2.75) is 69.9 Å². The van der Waals surface area contributed by atoms with Gasteiger partial charge >= 0.3 is 0 Å². The summed E-state index contributed by atoms with van der Waals surface area (Å²) in [7, 11) is 0. The van der Waals surface area contributed by atoms with Gasteiger partial charge in [0, 0.05) is 19.1 Å². The fraction of sp³-hybridized carbons (Fsp3) is 1.00. The van der Waals surface area contributed by atoms with Gasteiger partial charge in [0.2, 0.25) is 0 Å². The maximum absolute atomic E-state index is 9.92. The Balaban J connectivity index is 1.83. The summed E-state index contributed by atoms with van der Waals surface area (Å²) < 4.78 is 0. The van der Waals surface area contributed by atoms with Gasteiger partial charge in [0.25, 0.3) is 0 Å². The molecule has 0 bridgehead atoms. The quantitative estimate of drug-likeness (QED) is 0.674. The van der Waals surface area contributed by atoms with Crippen molar-refractivity contribution in [3.63, 3.8) is 0 Å². The summed E-state index contributed by atoms with van der Waals surface area (Å²) in [5, 5.41) is 9.92. The monoisotopic (exact) mass is 211 g/mol. The molecule has 1 aliphatic carbocycles. The van der Waals surface area contributed by atoms with E-state index in [1.54, 1.807) is 0 Å². The third-order valence-corrected chi connectivity index (χ3v) is 4.22. The number of nitrogens with zero attached hydrogens (tertiary/aromatic N) is 1. The van der Waals surface area contributed by atoms with Crippen molar-refractivity contribution in [3.05, 3.63) is 0 Å². The lowest BCUT2D eigenvalue weighted by Crippen LogP contribution is -2.46. The second-order valence-corrected chi connectivity index (χ2v) is 5.68. The predicted octanol–water partition coefficient (Wildman–Crippen LogP) is 2.56. The average molecular weight is 211 g/mol. The fourth-order valence-corrected chi connectivity index (χ4v) is 2.99. The molecule has 1 aliphatic heterocycles. The topological polar surface area (TPSA) is 23.5 Å². The van der Waals surface area contributed by atoms with E-state index in [1.165, 1.54) is 38.5 Å². The molecule has 0 aromatic heterocycles. The maximum Gasteiger partial charge on any atom is 0.0644 e. The van der Waals surface area contributed by atoms with Crippen LogP contribution in [0.1, 0.15) is 58.3 Å². The van der Waals surface area contributed by atoms with E-state index in [4.69, 9.17) is 0 Å². The highest BCUT2D eigenvalue weighted by atomic mass is 16.3. The Labute approximate surface area is 93.7 Å². The Morgan fingerprint density at radius 1 is 1.00 bits per heavy atom. The number of likely N-dealkylation sites (tertiary alicyclic amines) is 1. The van der Waals surface area contributed by atoms with Crippen molar-refractivity contribution in [2.24, 2.45) is 0 Å². The van der Waals surface area contributed by atoms with Crippen LogP contribution in [0.3, 0.4) is 0 Å². The van der Waals surface area contributed by atoms with Crippen LogP contribution in [0.5, 0.6) is 0 Å². The smallest absolute Gasteiger partial charge is 0.0644 e. The van der Waals surface area contributed by atoms with Gasteiger partial charge in [0.05, 0.1) is 5.60 Å². The van der Waals surface area contributed by atoms with Crippen molar-refractivity contribution in [3.8, 4) is 0 Å². The number of aliphatic hydroxyl groups is 1. The Morgan fingerprint density at radius 2 is 1.53 bits per heavy atom. The SMILES string of the molecule is CC1(O)CCN(C2CCCCCC2)CC1. The molecule has 2 rings (SSSR count). The van der Waals surface area contributed by atoms with Gasteiger partial charge in [-0.1, -0.05) is 25.7 Å². The van der Waals surface area contributed by atoms with Gasteiger partial charge in [-0.3, -0.25) is 0 Å². The Hall–Kier alpha value is -0.0800. The number of piperidine rings is 1. The van der Waals surface area contributed by atoms with Crippen molar-refractivity contribution in [2.75, 3.05) is 13.1 Å². The zero-order chi connectivity index (χ0) is 10.7. The van der Waals surface area contributed by atoms with Crippen LogP contribution in [0.2, 0.25) is 0 Å². The van der Waals surface area contributed by atoms with Gasteiger partial charge in [-0.15, -0.1) is 0 Å². The summed E-state index contributed by atoms with van der Waals surface area (Å²) in [6.07, 6.45) is 10.4. The van der Waals surface area contributed by atoms with E-state index in [0.29, 0.717) is 0 Å². The molecule has 1 heterocycles. The van der Waals surface area contributed by atoms with Crippen LogP contribution in [0.15, 0.2) is 0 Å². The van der Waals surface area contributed by atoms with Gasteiger partial charge in [0.15, 0.2) is 0 Å². The van der Waals surface area contributed by atoms with E-state index in [2.05, 4.69) is 4.90 Å². The van der Waals surface area contributed by atoms with Gasteiger partial charge in [0.1, 0.15) is 0 Å². The van der Waals surface area contributed by atoms with Crippen molar-refractivity contribution < 1.29 is 5.11 Å². The van der Waals surface area contributed by atoms with Gasteiger partial charge < -0.3 is 10.0 Å². The molecule has 0 atom stereocenters. The van der Waals surface area contributed by atoms with Gasteiger partial charge in [-0.25, -0.2) is 0 Å². The second kappa shape index (κ2) is 4.84. The van der Waals surface area contributed by atoms with Crippen LogP contribution in [0.4, 0.5) is 0 Å². The molecule has 1 N–H and O–H groups in total. The molecular weight excluding hydrogens is 186 g/mol. The highest BCUT2D eigenvalue weighted by molar-refractivity contribution is 4.85. The van der Waals surface area contributed by atoms with Crippen molar-refractivity contribution in [1.82, 2.24) is 4.90 Å². The molecule has 2 fully saturated rings. The molecule has 0 aromatic carbocycles. The lowest BCUT2D eigenvalue weighted by molar-refractivity contribution is -0.0182. The number of hydrogen-bond acceptors (Lipinski definition) is 2. The Morgan fingerprint density at radius 3 is 2.07 bits per heavy atom. The summed E-state index contributed by atoms with van der Waals surface area (Å²) in [6.45, 7) is 4.20. The largest absolute Gasteiger partial charge is 0.390 e. The molecule has 0 radical (unpaired) electrons. The van der Waals surface area contributed by atoms with Crippen LogP contribution in [-0.2, 0) is 0 Å². The minimum absolute atomic E-state index is 0.388. The molecule has 1 saturated carbocycles. The first-order valence-electron chi connectivity index (χ1n) is 6.64. The predicted molar refractivity (Wildman–Crippen MR) is 62.9 cm³/mol. The first-order valence-corrected chi connectivity index (χ1v) is 6.64. The first-order chi connectivity index (χ1) is 7.17. The molecule has 0 spiro atoms. The van der Waals surface area contributed by atoms with E-state index < -0.39 is 0 Å². The molecule has 0 aromatic rings. The minimum atomic E-state index is -0.388. The van der Waals surface area contributed by atoms with E-state index in [0.717, 1.165) is 32.0 Å². The molecule has 15 heavy (non-hydrogen) atoms. The Bertz CT molecular complexity index is 185. The summed E-state index contributed by atoms with van der Waals surface area (Å²) >= 11 is 0. The molecule has 2 aliphatic rings. The number of hydrogen-bond donors (Lipinski definition) is 1. The zero-order valence-corrected chi connectivity index (χ0v) is 10.0. The molecule has 1 saturated heterocycles. The summed E-state index contributed by atoms with van der Waals surface area (Å²) in [5.41, 5.74) is -0.388. The first kappa shape index (κ1) is 11.4. The fourth-order valence-electron chi connectivity index (χ4n) is 2.99. The van der Waals surface area contributed by atoms with Crippen LogP contribution in [-0.4, -0.2) is 34.7 Å². The average Bonchev–Trinajstić information content (AvgIpc) is 2.46. The molecule has 0 amide bonds. The van der Waals surface area contributed by atoms with Gasteiger partial charge in [-0.05, 0) is 32.6 Å². The number of rotatable bonds is 1. The van der Waals surface area contributed by atoms with Crippen LogP contribution in [0, 0.1) is 0 Å². The summed E-state index contributed by atoms with van der Waals surface area (Å²) in [5.74, 6) is 0. The maximum atomic E-state index is 9.92. The zero-order valence-electron chi connectivity index (χ0n) is 10.0. The summed E-state index contributed by atoms with van der Waals surface area (Å²) in [6, 6.07) is 0.823. The van der Waals surface area contributed by atoms with E-state index >= 15 is 0 Å². The van der Waals surface area contributed by atoms with Crippen LogP contribution in [0.25, 0.3) is 0 Å². The third kappa shape index (κ3) is 3.18. The van der Waals surface area contributed by atoms with Crippen molar-refractivity contribution in [1.29, 1.82) is 0 Å². The molecular formula is C13H25NO. The Kier molecular flexibility index (Phi) is 3.68. The third-order valence-electron chi connectivity index (χ3n) is 4.22. The molecule has 88 valence electrons. The highest BCUT2D eigenvalue weighted by Gasteiger charge is 2.30. The lowest BCUT2D eigenvalue weighted by Gasteiger charge is -2.40. The lowest BCUT2D eigenvalue weighted by atomic mass is 9.92.